The number of nitro groups is 1. The molecule has 10 heteroatoms. The number of rotatable bonds is 4. The van der Waals surface area contributed by atoms with E-state index in [2.05, 4.69) is 20.9 Å². The smallest absolute Gasteiger partial charge is 0.283 e. The summed E-state index contributed by atoms with van der Waals surface area (Å²) in [6.07, 6.45) is 1.30. The van der Waals surface area contributed by atoms with Crippen LogP contribution in [-0.2, 0) is 16.6 Å². The number of imidazole rings is 1. The van der Waals surface area contributed by atoms with Crippen molar-refractivity contribution < 1.29 is 13.3 Å². The molecular weight excluding hydrogens is 364 g/mol. The van der Waals surface area contributed by atoms with E-state index < -0.39 is 14.9 Å². The number of aryl methyl sites for hydroxylation is 1. The van der Waals surface area contributed by atoms with Gasteiger partial charge in [0.25, 0.3) is 15.7 Å². The Morgan fingerprint density at radius 1 is 1.48 bits per heavy atom. The number of nitro benzene ring substituents is 1. The minimum atomic E-state index is -3.88. The maximum Gasteiger partial charge on any atom is 0.283 e. The van der Waals surface area contributed by atoms with E-state index >= 15 is 0 Å². The highest BCUT2D eigenvalue weighted by molar-refractivity contribution is 9.10. The molecule has 0 saturated carbocycles. The molecule has 0 aliphatic heterocycles. The van der Waals surface area contributed by atoms with E-state index in [4.69, 9.17) is 5.14 Å². The van der Waals surface area contributed by atoms with Gasteiger partial charge in [0.05, 0.1) is 11.5 Å². The molecule has 0 atom stereocenters. The lowest BCUT2D eigenvalue weighted by atomic mass is 10.2. The number of hydrogen-bond acceptors (Lipinski definition) is 5. The number of primary sulfonamides is 1. The zero-order chi connectivity index (χ0) is 15.8. The Hall–Kier alpha value is -1.78. The molecule has 21 heavy (non-hydrogen) atoms. The van der Waals surface area contributed by atoms with Crippen molar-refractivity contribution in [2.24, 2.45) is 5.14 Å². The lowest BCUT2D eigenvalue weighted by molar-refractivity contribution is -0.385. The van der Waals surface area contributed by atoms with Crippen molar-refractivity contribution in [3.8, 4) is 0 Å². The van der Waals surface area contributed by atoms with Gasteiger partial charge in [0.1, 0.15) is 10.3 Å². The number of aromatic nitrogens is 2. The highest BCUT2D eigenvalue weighted by Crippen LogP contribution is 2.29. The fourth-order valence-corrected chi connectivity index (χ4v) is 2.86. The van der Waals surface area contributed by atoms with E-state index in [-0.39, 0.29) is 17.3 Å². The Labute approximate surface area is 128 Å². The Morgan fingerprint density at radius 2 is 2.14 bits per heavy atom. The lowest BCUT2D eigenvalue weighted by Crippen LogP contribution is -2.12. The Morgan fingerprint density at radius 3 is 2.67 bits per heavy atom. The Kier molecular flexibility index (Phi) is 4.12. The highest BCUT2D eigenvalue weighted by Gasteiger charge is 2.18. The van der Waals surface area contributed by atoms with Crippen LogP contribution in [0.5, 0.6) is 0 Å². The van der Waals surface area contributed by atoms with E-state index in [1.807, 2.05) is 0 Å². The van der Waals surface area contributed by atoms with Gasteiger partial charge >= 0.3 is 0 Å². The van der Waals surface area contributed by atoms with Crippen molar-refractivity contribution in [3.05, 3.63) is 50.4 Å². The van der Waals surface area contributed by atoms with Gasteiger partial charge in [-0.1, -0.05) is 12.1 Å². The highest BCUT2D eigenvalue weighted by atomic mass is 79.9. The molecule has 0 spiro atoms. The van der Waals surface area contributed by atoms with Crippen LogP contribution in [0.1, 0.15) is 11.4 Å². The van der Waals surface area contributed by atoms with Crippen molar-refractivity contribution in [1.29, 1.82) is 0 Å². The first kappa shape index (κ1) is 15.6. The third kappa shape index (κ3) is 3.28. The third-order valence-electron chi connectivity index (χ3n) is 2.84. The number of benzene rings is 1. The van der Waals surface area contributed by atoms with Crippen LogP contribution in [0.4, 0.5) is 5.69 Å². The second-order valence-electron chi connectivity index (χ2n) is 4.31. The molecule has 2 aromatic rings. The molecule has 0 aliphatic rings. The minimum absolute atomic E-state index is 0.0584. The normalized spacial score (nSPS) is 11.6. The molecule has 0 aliphatic carbocycles. The number of nitrogens with zero attached hydrogens (tertiary/aromatic N) is 3. The van der Waals surface area contributed by atoms with Crippen LogP contribution >= 0.6 is 15.9 Å². The van der Waals surface area contributed by atoms with E-state index in [1.54, 1.807) is 23.6 Å². The zero-order valence-corrected chi connectivity index (χ0v) is 13.3. The van der Waals surface area contributed by atoms with Gasteiger partial charge < -0.3 is 4.57 Å². The summed E-state index contributed by atoms with van der Waals surface area (Å²) in [5.41, 5.74) is 0.572. The molecule has 8 nitrogen and oxygen atoms in total. The maximum atomic E-state index is 11.3. The molecule has 2 rings (SSSR count). The molecule has 0 amide bonds. The number of sulfonamides is 1. The van der Waals surface area contributed by atoms with Crippen LogP contribution in [0.2, 0.25) is 0 Å². The summed E-state index contributed by atoms with van der Waals surface area (Å²) < 4.78 is 24.4. The van der Waals surface area contributed by atoms with Crippen LogP contribution in [0.3, 0.4) is 0 Å². The summed E-state index contributed by atoms with van der Waals surface area (Å²) >= 11 is 3.19. The quantitative estimate of drug-likeness (QED) is 0.642. The molecule has 0 radical (unpaired) electrons. The van der Waals surface area contributed by atoms with Crippen molar-refractivity contribution >= 4 is 31.6 Å². The Bertz CT molecular complexity index is 816. The summed E-state index contributed by atoms with van der Waals surface area (Å²) in [6.45, 7) is 1.86. The first-order valence-corrected chi connectivity index (χ1v) is 8.02. The van der Waals surface area contributed by atoms with Gasteiger partial charge in [0, 0.05) is 12.3 Å². The van der Waals surface area contributed by atoms with E-state index in [0.717, 1.165) is 0 Å². The van der Waals surface area contributed by atoms with E-state index in [1.165, 1.54) is 12.3 Å². The molecule has 1 aromatic carbocycles. The predicted octanol–water partition coefficient (Wildman–Crippen LogP) is 1.56. The van der Waals surface area contributed by atoms with Crippen molar-refractivity contribution in [2.75, 3.05) is 0 Å². The fourth-order valence-electron chi connectivity index (χ4n) is 1.79. The average Bonchev–Trinajstić information content (AvgIpc) is 2.73. The van der Waals surface area contributed by atoms with E-state index in [0.29, 0.717) is 15.9 Å². The van der Waals surface area contributed by atoms with Crippen molar-refractivity contribution in [3.63, 3.8) is 0 Å². The van der Waals surface area contributed by atoms with Crippen molar-refractivity contribution in [2.45, 2.75) is 18.5 Å². The molecule has 2 N–H and O–H groups in total. The molecule has 0 fully saturated rings. The van der Waals surface area contributed by atoms with Gasteiger partial charge in [0.15, 0.2) is 5.03 Å². The molecule has 0 unspecified atom stereocenters. The minimum Gasteiger partial charge on any atom is -0.329 e. The first-order chi connectivity index (χ1) is 9.70. The number of hydrogen-bond donors (Lipinski definition) is 1. The summed E-state index contributed by atoms with van der Waals surface area (Å²) in [7, 11) is -3.88. The summed E-state index contributed by atoms with van der Waals surface area (Å²) in [5.74, 6) is 0.442. The van der Waals surface area contributed by atoms with Gasteiger partial charge in [-0.3, -0.25) is 10.1 Å². The third-order valence-corrected chi connectivity index (χ3v) is 4.54. The van der Waals surface area contributed by atoms with Gasteiger partial charge in [-0.05, 0) is 28.4 Å². The standard InChI is InChI=1S/C11H11BrN4O4S/c1-7-14-10(21(13,19)20)6-15(7)5-8-3-2-4-9(11(8)12)16(17)18/h2-4,6H,5H2,1H3,(H2,13,19,20). The summed E-state index contributed by atoms with van der Waals surface area (Å²) in [4.78, 5) is 14.3. The fraction of sp³-hybridized carbons (Fsp3) is 0.182. The SMILES string of the molecule is Cc1nc(S(N)(=O)=O)cn1Cc1cccc([N+](=O)[O-])c1Br. The van der Waals surface area contributed by atoms with Gasteiger partial charge in [0.2, 0.25) is 0 Å². The first-order valence-electron chi connectivity index (χ1n) is 5.68. The summed E-state index contributed by atoms with van der Waals surface area (Å²) in [6, 6.07) is 4.64. The van der Waals surface area contributed by atoms with Crippen LogP contribution in [0.25, 0.3) is 0 Å². The average molecular weight is 375 g/mol. The van der Waals surface area contributed by atoms with E-state index in [9.17, 15) is 18.5 Å². The van der Waals surface area contributed by atoms with Crippen LogP contribution in [0, 0.1) is 17.0 Å². The number of halogens is 1. The molecule has 0 bridgehead atoms. The molecule has 1 heterocycles. The zero-order valence-electron chi connectivity index (χ0n) is 10.9. The van der Waals surface area contributed by atoms with Crippen LogP contribution in [-0.4, -0.2) is 22.9 Å². The molecular formula is C11H11BrN4O4S. The predicted molar refractivity (Wildman–Crippen MR) is 78.2 cm³/mol. The Balaban J connectivity index is 2.42. The molecule has 112 valence electrons. The topological polar surface area (TPSA) is 121 Å². The van der Waals surface area contributed by atoms with Crippen LogP contribution < -0.4 is 5.14 Å². The van der Waals surface area contributed by atoms with Gasteiger partial charge in [-0.2, -0.15) is 0 Å². The second kappa shape index (κ2) is 5.54. The van der Waals surface area contributed by atoms with Crippen LogP contribution in [0.15, 0.2) is 33.9 Å². The second-order valence-corrected chi connectivity index (χ2v) is 6.61. The van der Waals surface area contributed by atoms with Gasteiger partial charge in [-0.25, -0.2) is 18.5 Å². The van der Waals surface area contributed by atoms with Gasteiger partial charge in [-0.15, -0.1) is 0 Å². The lowest BCUT2D eigenvalue weighted by Gasteiger charge is -2.07. The maximum absolute atomic E-state index is 11.3. The largest absolute Gasteiger partial charge is 0.329 e. The van der Waals surface area contributed by atoms with Crippen molar-refractivity contribution in [1.82, 2.24) is 9.55 Å². The molecule has 1 aromatic heterocycles. The number of nitrogens with two attached hydrogens (primary N) is 1. The molecule has 0 saturated heterocycles. The summed E-state index contributed by atoms with van der Waals surface area (Å²) in [5, 5.41) is 15.7. The monoisotopic (exact) mass is 374 g/mol.